The van der Waals surface area contributed by atoms with Crippen LogP contribution in [0.25, 0.3) is 0 Å². The molecule has 0 radical (unpaired) electrons. The van der Waals surface area contributed by atoms with E-state index < -0.39 is 43.4 Å². The van der Waals surface area contributed by atoms with Crippen molar-refractivity contribution in [1.29, 1.82) is 0 Å². The number of nitrogens with zero attached hydrogens (tertiary/aromatic N) is 1. The summed E-state index contributed by atoms with van der Waals surface area (Å²) < 4.78 is 39.7. The molecular formula is C12H15FN2O6S. The van der Waals surface area contributed by atoms with E-state index in [1.165, 1.54) is 0 Å². The number of para-hydroxylation sites is 1. The van der Waals surface area contributed by atoms with Gasteiger partial charge in [-0.1, -0.05) is 19.9 Å². The highest BCUT2D eigenvalue weighted by molar-refractivity contribution is 7.89. The summed E-state index contributed by atoms with van der Waals surface area (Å²) in [5, 5.41) is 19.9. The molecule has 0 saturated heterocycles. The number of benzene rings is 1. The van der Waals surface area contributed by atoms with Gasteiger partial charge in [0, 0.05) is 0 Å². The minimum Gasteiger partial charge on any atom is -0.480 e. The number of hydrogen-bond acceptors (Lipinski definition) is 5. The minimum atomic E-state index is -4.56. The zero-order valence-corrected chi connectivity index (χ0v) is 12.6. The highest BCUT2D eigenvalue weighted by Gasteiger charge is 2.33. The molecule has 1 aromatic carbocycles. The average Bonchev–Trinajstić information content (AvgIpc) is 2.36. The number of aliphatic carboxylic acids is 1. The van der Waals surface area contributed by atoms with Gasteiger partial charge in [0.05, 0.1) is 4.92 Å². The molecule has 0 unspecified atom stereocenters. The topological polar surface area (TPSA) is 127 Å². The largest absolute Gasteiger partial charge is 0.480 e. The lowest BCUT2D eigenvalue weighted by molar-refractivity contribution is -0.390. The van der Waals surface area contributed by atoms with Crippen molar-refractivity contribution in [2.24, 2.45) is 5.92 Å². The van der Waals surface area contributed by atoms with Gasteiger partial charge in [-0.05, 0) is 24.5 Å². The number of carboxylic acids is 1. The summed E-state index contributed by atoms with van der Waals surface area (Å²) in [5.74, 6) is -2.87. The van der Waals surface area contributed by atoms with E-state index in [1.807, 2.05) is 4.72 Å². The fraction of sp³-hybridized carbons (Fsp3) is 0.417. The van der Waals surface area contributed by atoms with E-state index in [9.17, 15) is 27.7 Å². The van der Waals surface area contributed by atoms with Crippen LogP contribution in [0.4, 0.5) is 10.1 Å². The summed E-state index contributed by atoms with van der Waals surface area (Å²) in [5.41, 5.74) is -1.22. The van der Waals surface area contributed by atoms with E-state index in [4.69, 9.17) is 5.11 Å². The fourth-order valence-electron chi connectivity index (χ4n) is 1.81. The van der Waals surface area contributed by atoms with Gasteiger partial charge >= 0.3 is 11.7 Å². The maximum atomic E-state index is 13.5. The highest BCUT2D eigenvalue weighted by Crippen LogP contribution is 2.27. The number of hydrogen-bond donors (Lipinski definition) is 2. The maximum Gasteiger partial charge on any atom is 0.324 e. The molecule has 122 valence electrons. The van der Waals surface area contributed by atoms with Crippen molar-refractivity contribution in [2.75, 3.05) is 0 Å². The zero-order chi connectivity index (χ0) is 17.1. The Bertz CT molecular complexity index is 689. The van der Waals surface area contributed by atoms with Crippen LogP contribution in [0.3, 0.4) is 0 Å². The number of rotatable bonds is 7. The third-order valence-corrected chi connectivity index (χ3v) is 4.23. The number of nitrogens with one attached hydrogen (secondary N) is 1. The molecule has 0 aliphatic carbocycles. The molecule has 0 aliphatic rings. The highest BCUT2D eigenvalue weighted by atomic mass is 32.2. The Kier molecular flexibility index (Phi) is 5.55. The first-order valence-electron chi connectivity index (χ1n) is 6.24. The number of carbonyl (C=O) groups is 1. The maximum absolute atomic E-state index is 13.5. The van der Waals surface area contributed by atoms with Crippen molar-refractivity contribution >= 4 is 21.7 Å². The second-order valence-electron chi connectivity index (χ2n) is 4.99. The normalized spacial score (nSPS) is 13.1. The number of halogens is 1. The molecule has 0 saturated carbocycles. The molecule has 0 spiro atoms. The lowest BCUT2D eigenvalue weighted by atomic mass is 10.1. The van der Waals surface area contributed by atoms with Gasteiger partial charge in [-0.2, -0.15) is 9.11 Å². The predicted molar refractivity (Wildman–Crippen MR) is 74.3 cm³/mol. The van der Waals surface area contributed by atoms with Crippen molar-refractivity contribution in [1.82, 2.24) is 4.72 Å². The molecule has 8 nitrogen and oxygen atoms in total. The van der Waals surface area contributed by atoms with Crippen LogP contribution in [0.5, 0.6) is 0 Å². The molecule has 0 aliphatic heterocycles. The van der Waals surface area contributed by atoms with E-state index in [0.29, 0.717) is 0 Å². The number of nitro benzene ring substituents is 1. The minimum absolute atomic E-state index is 0.0162. The summed E-state index contributed by atoms with van der Waals surface area (Å²) in [4.78, 5) is 19.9. The average molecular weight is 334 g/mol. The Morgan fingerprint density at radius 3 is 2.50 bits per heavy atom. The van der Waals surface area contributed by atoms with Crippen molar-refractivity contribution in [3.05, 3.63) is 34.1 Å². The summed E-state index contributed by atoms with van der Waals surface area (Å²) in [6.45, 7) is 3.38. The van der Waals surface area contributed by atoms with Crippen LogP contribution in [-0.4, -0.2) is 30.5 Å². The summed E-state index contributed by atoms with van der Waals surface area (Å²) in [6, 6.07) is 1.13. The lowest BCUT2D eigenvalue weighted by Gasteiger charge is -2.16. The molecule has 2 N–H and O–H groups in total. The number of nitro groups is 1. The van der Waals surface area contributed by atoms with Crippen LogP contribution in [-0.2, 0) is 14.8 Å². The van der Waals surface area contributed by atoms with Crippen LogP contribution in [0.2, 0.25) is 0 Å². The summed E-state index contributed by atoms with van der Waals surface area (Å²) in [7, 11) is -4.56. The van der Waals surface area contributed by atoms with Gasteiger partial charge in [-0.15, -0.1) is 0 Å². The molecular weight excluding hydrogens is 319 g/mol. The Morgan fingerprint density at radius 1 is 1.45 bits per heavy atom. The first-order valence-corrected chi connectivity index (χ1v) is 7.72. The van der Waals surface area contributed by atoms with Crippen LogP contribution >= 0.6 is 0 Å². The lowest BCUT2D eigenvalue weighted by Crippen LogP contribution is -2.41. The standard InChI is InChI=1S/C12H15FN2O6S/c1-7(2)6-9(12(16)17)14-22(20,21)10-5-3-4-8(13)11(10)15(18)19/h3-5,7,9,14H,6H2,1-2H3,(H,16,17)/t9-/m0/s1. The smallest absolute Gasteiger partial charge is 0.324 e. The van der Waals surface area contributed by atoms with Crippen molar-refractivity contribution < 1.29 is 27.6 Å². The second kappa shape index (κ2) is 6.79. The van der Waals surface area contributed by atoms with E-state index in [-0.39, 0.29) is 12.3 Å². The first kappa shape index (κ1) is 18.0. The fourth-order valence-corrected chi connectivity index (χ4v) is 3.19. The van der Waals surface area contributed by atoms with Crippen molar-refractivity contribution in [3.63, 3.8) is 0 Å². The molecule has 1 rings (SSSR count). The van der Waals surface area contributed by atoms with Gasteiger partial charge < -0.3 is 5.11 Å². The first-order chi connectivity index (χ1) is 10.1. The summed E-state index contributed by atoms with van der Waals surface area (Å²) >= 11 is 0. The van der Waals surface area contributed by atoms with Gasteiger partial charge in [0.2, 0.25) is 15.8 Å². The predicted octanol–water partition coefficient (Wildman–Crippen LogP) is 1.51. The summed E-state index contributed by atoms with van der Waals surface area (Å²) in [6.07, 6.45) is -0.0162. The van der Waals surface area contributed by atoms with Crippen molar-refractivity contribution in [3.8, 4) is 0 Å². The Hall–Kier alpha value is -2.07. The molecule has 1 atom stereocenters. The SMILES string of the molecule is CC(C)C[C@H](NS(=O)(=O)c1cccc(F)c1[N+](=O)[O-])C(=O)O. The molecule has 0 amide bonds. The van der Waals surface area contributed by atoms with Gasteiger partial charge in [-0.25, -0.2) is 8.42 Å². The third-order valence-electron chi connectivity index (χ3n) is 2.72. The van der Waals surface area contributed by atoms with Crippen LogP contribution in [0.15, 0.2) is 23.1 Å². The molecule has 0 aromatic heterocycles. The van der Waals surface area contributed by atoms with Crippen LogP contribution < -0.4 is 4.72 Å². The van der Waals surface area contributed by atoms with Gasteiger partial charge in [0.15, 0.2) is 4.90 Å². The Labute approximate surface area is 126 Å². The van der Waals surface area contributed by atoms with E-state index in [1.54, 1.807) is 13.8 Å². The van der Waals surface area contributed by atoms with Gasteiger partial charge in [0.25, 0.3) is 0 Å². The Balaban J connectivity index is 3.28. The quantitative estimate of drug-likeness (QED) is 0.575. The van der Waals surface area contributed by atoms with Crippen LogP contribution in [0, 0.1) is 21.8 Å². The van der Waals surface area contributed by atoms with E-state index in [0.717, 1.165) is 18.2 Å². The van der Waals surface area contributed by atoms with E-state index in [2.05, 4.69) is 0 Å². The second-order valence-corrected chi connectivity index (χ2v) is 6.67. The third kappa shape index (κ3) is 4.21. The molecule has 1 aromatic rings. The van der Waals surface area contributed by atoms with Gasteiger partial charge in [-0.3, -0.25) is 14.9 Å². The monoisotopic (exact) mass is 334 g/mol. The molecule has 0 bridgehead atoms. The molecule has 0 fully saturated rings. The van der Waals surface area contributed by atoms with Crippen molar-refractivity contribution in [2.45, 2.75) is 31.2 Å². The van der Waals surface area contributed by atoms with Crippen LogP contribution in [0.1, 0.15) is 20.3 Å². The molecule has 0 heterocycles. The zero-order valence-electron chi connectivity index (χ0n) is 11.8. The number of carboxylic acid groups (broad SMARTS) is 1. The van der Waals surface area contributed by atoms with Gasteiger partial charge in [0.1, 0.15) is 6.04 Å². The molecule has 22 heavy (non-hydrogen) atoms. The van der Waals surface area contributed by atoms with E-state index >= 15 is 0 Å². The Morgan fingerprint density at radius 2 is 2.05 bits per heavy atom. The molecule has 10 heteroatoms. The number of sulfonamides is 1.